The summed E-state index contributed by atoms with van der Waals surface area (Å²) in [6.07, 6.45) is 3.58. The Kier molecular flexibility index (Phi) is 2.72. The first-order chi connectivity index (χ1) is 10.8. The standard InChI is InChI=1S/C17H13N3O2/c1-21-20-7-6-11-8-14(19-10-15(11)20)17-9-13(18)12-4-2-3-5-16(12)22-17/h2-10,18H,1H3. The van der Waals surface area contributed by atoms with Gasteiger partial charge in [0.1, 0.15) is 23.9 Å². The molecule has 0 radical (unpaired) electrons. The van der Waals surface area contributed by atoms with E-state index in [9.17, 15) is 0 Å². The number of para-hydroxylation sites is 1. The lowest BCUT2D eigenvalue weighted by molar-refractivity contribution is 0.179. The van der Waals surface area contributed by atoms with Crippen molar-refractivity contribution in [2.75, 3.05) is 7.11 Å². The summed E-state index contributed by atoms with van der Waals surface area (Å²) in [7, 11) is 1.61. The van der Waals surface area contributed by atoms with Crippen LogP contribution in [0, 0.1) is 5.41 Å². The van der Waals surface area contributed by atoms with Crippen molar-refractivity contribution in [1.82, 2.24) is 9.71 Å². The third-order valence-corrected chi connectivity index (χ3v) is 3.66. The van der Waals surface area contributed by atoms with Crippen LogP contribution in [0.4, 0.5) is 0 Å². The molecule has 1 aromatic carbocycles. The van der Waals surface area contributed by atoms with Crippen molar-refractivity contribution in [2.45, 2.75) is 0 Å². The molecule has 0 saturated carbocycles. The molecule has 4 aromatic rings. The third-order valence-electron chi connectivity index (χ3n) is 3.66. The van der Waals surface area contributed by atoms with Crippen LogP contribution in [0.15, 0.2) is 59.3 Å². The first kappa shape index (κ1) is 12.6. The van der Waals surface area contributed by atoms with Crippen LogP contribution in [-0.4, -0.2) is 16.8 Å². The second-order valence-electron chi connectivity index (χ2n) is 4.97. The van der Waals surface area contributed by atoms with Gasteiger partial charge in [0, 0.05) is 23.0 Å². The molecule has 0 unspecified atom stereocenters. The quantitative estimate of drug-likeness (QED) is 0.617. The van der Waals surface area contributed by atoms with Crippen molar-refractivity contribution in [3.8, 4) is 11.5 Å². The number of hydrogen-bond donors (Lipinski definition) is 1. The number of aromatic nitrogens is 2. The van der Waals surface area contributed by atoms with E-state index in [1.54, 1.807) is 24.1 Å². The van der Waals surface area contributed by atoms with E-state index >= 15 is 0 Å². The van der Waals surface area contributed by atoms with E-state index in [2.05, 4.69) is 4.98 Å². The monoisotopic (exact) mass is 291 g/mol. The second kappa shape index (κ2) is 4.73. The molecule has 3 aromatic heterocycles. The number of nitrogens with zero attached hydrogens (tertiary/aromatic N) is 2. The molecule has 108 valence electrons. The molecule has 0 spiro atoms. The summed E-state index contributed by atoms with van der Waals surface area (Å²) in [6, 6.07) is 13.1. The molecule has 1 N–H and O–H groups in total. The first-order valence-electron chi connectivity index (χ1n) is 6.86. The summed E-state index contributed by atoms with van der Waals surface area (Å²) < 4.78 is 7.54. The number of pyridine rings is 1. The van der Waals surface area contributed by atoms with Gasteiger partial charge in [0.05, 0.1) is 11.6 Å². The zero-order valence-corrected chi connectivity index (χ0v) is 11.9. The van der Waals surface area contributed by atoms with Crippen LogP contribution >= 0.6 is 0 Å². The SMILES string of the molecule is COn1ccc2cc(-c3cc(=N)c4ccccc4o3)ncc21. The lowest BCUT2D eigenvalue weighted by Crippen LogP contribution is -2.03. The Morgan fingerprint density at radius 3 is 2.91 bits per heavy atom. The van der Waals surface area contributed by atoms with Crippen LogP contribution in [-0.2, 0) is 0 Å². The maximum Gasteiger partial charge on any atom is 0.155 e. The number of benzene rings is 1. The average molecular weight is 291 g/mol. The molecule has 0 bridgehead atoms. The minimum atomic E-state index is 0.424. The molecule has 0 saturated heterocycles. The fourth-order valence-electron chi connectivity index (χ4n) is 2.56. The van der Waals surface area contributed by atoms with Gasteiger partial charge in [-0.3, -0.25) is 10.4 Å². The smallest absolute Gasteiger partial charge is 0.155 e. The van der Waals surface area contributed by atoms with Crippen molar-refractivity contribution >= 4 is 21.9 Å². The van der Waals surface area contributed by atoms with E-state index in [4.69, 9.17) is 14.7 Å². The summed E-state index contributed by atoms with van der Waals surface area (Å²) in [5, 5.41) is 10.4. The van der Waals surface area contributed by atoms with E-state index in [0.717, 1.165) is 16.3 Å². The largest absolute Gasteiger partial charge is 0.454 e. The fraction of sp³-hybridized carbons (Fsp3) is 0.0588. The molecule has 0 amide bonds. The van der Waals surface area contributed by atoms with E-state index in [0.29, 0.717) is 22.4 Å². The van der Waals surface area contributed by atoms with Crippen molar-refractivity contribution in [3.05, 3.63) is 60.2 Å². The van der Waals surface area contributed by atoms with Gasteiger partial charge in [-0.05, 0) is 24.3 Å². The molecular weight excluding hydrogens is 278 g/mol. The number of hydrogen-bond acceptors (Lipinski definition) is 4. The lowest BCUT2D eigenvalue weighted by atomic mass is 10.2. The Balaban J connectivity index is 1.93. The fourth-order valence-corrected chi connectivity index (χ4v) is 2.56. The first-order valence-corrected chi connectivity index (χ1v) is 6.86. The van der Waals surface area contributed by atoms with Gasteiger partial charge < -0.3 is 9.25 Å². The highest BCUT2D eigenvalue weighted by molar-refractivity contribution is 5.83. The molecule has 3 heterocycles. The Bertz CT molecular complexity index is 1050. The average Bonchev–Trinajstić information content (AvgIpc) is 2.97. The van der Waals surface area contributed by atoms with Crippen molar-refractivity contribution < 1.29 is 9.25 Å². The molecule has 5 heteroatoms. The van der Waals surface area contributed by atoms with Gasteiger partial charge in [0.15, 0.2) is 5.76 Å². The normalized spacial score (nSPS) is 11.1. The zero-order valence-electron chi connectivity index (χ0n) is 11.9. The predicted octanol–water partition coefficient (Wildman–Crippen LogP) is 2.99. The highest BCUT2D eigenvalue weighted by Crippen LogP contribution is 2.24. The third kappa shape index (κ3) is 1.87. The van der Waals surface area contributed by atoms with Gasteiger partial charge in [0.2, 0.25) is 0 Å². The van der Waals surface area contributed by atoms with Gasteiger partial charge in [0.25, 0.3) is 0 Å². The van der Waals surface area contributed by atoms with Crippen LogP contribution in [0.2, 0.25) is 0 Å². The molecular formula is C17H13N3O2. The van der Waals surface area contributed by atoms with E-state index in [-0.39, 0.29) is 0 Å². The van der Waals surface area contributed by atoms with Crippen LogP contribution in [0.25, 0.3) is 33.3 Å². The van der Waals surface area contributed by atoms with Gasteiger partial charge in [-0.1, -0.05) is 12.1 Å². The Morgan fingerprint density at radius 1 is 1.18 bits per heavy atom. The lowest BCUT2D eigenvalue weighted by Gasteiger charge is -2.05. The Morgan fingerprint density at radius 2 is 2.05 bits per heavy atom. The maximum absolute atomic E-state index is 8.14. The summed E-state index contributed by atoms with van der Waals surface area (Å²) in [4.78, 5) is 9.64. The van der Waals surface area contributed by atoms with E-state index in [1.165, 1.54) is 0 Å². The molecule has 0 atom stereocenters. The summed E-state index contributed by atoms with van der Waals surface area (Å²) >= 11 is 0. The van der Waals surface area contributed by atoms with Gasteiger partial charge in [-0.25, -0.2) is 0 Å². The van der Waals surface area contributed by atoms with E-state index < -0.39 is 0 Å². The predicted molar refractivity (Wildman–Crippen MR) is 83.3 cm³/mol. The zero-order chi connectivity index (χ0) is 15.1. The molecule has 0 fully saturated rings. The second-order valence-corrected chi connectivity index (χ2v) is 4.97. The molecule has 5 nitrogen and oxygen atoms in total. The molecule has 4 rings (SSSR count). The highest BCUT2D eigenvalue weighted by Gasteiger charge is 2.09. The Labute approximate surface area is 125 Å². The van der Waals surface area contributed by atoms with Gasteiger partial charge in [-0.15, -0.1) is 0 Å². The van der Waals surface area contributed by atoms with Crippen molar-refractivity contribution in [3.63, 3.8) is 0 Å². The number of nitrogens with one attached hydrogen (secondary N) is 1. The Hall–Kier alpha value is -3.08. The van der Waals surface area contributed by atoms with Crippen LogP contribution < -0.4 is 10.2 Å². The minimum Gasteiger partial charge on any atom is -0.454 e. The van der Waals surface area contributed by atoms with Crippen LogP contribution in [0.1, 0.15) is 0 Å². The van der Waals surface area contributed by atoms with Crippen LogP contribution in [0.5, 0.6) is 0 Å². The molecule has 0 aliphatic carbocycles. The van der Waals surface area contributed by atoms with Gasteiger partial charge >= 0.3 is 0 Å². The molecule has 22 heavy (non-hydrogen) atoms. The van der Waals surface area contributed by atoms with Gasteiger partial charge in [-0.2, -0.15) is 4.73 Å². The summed E-state index contributed by atoms with van der Waals surface area (Å²) in [5.74, 6) is 0.579. The van der Waals surface area contributed by atoms with Crippen molar-refractivity contribution in [2.24, 2.45) is 0 Å². The highest BCUT2D eigenvalue weighted by atomic mass is 16.6. The number of fused-ring (bicyclic) bond motifs is 2. The van der Waals surface area contributed by atoms with Crippen molar-refractivity contribution in [1.29, 1.82) is 5.41 Å². The maximum atomic E-state index is 8.14. The summed E-state index contributed by atoms with van der Waals surface area (Å²) in [6.45, 7) is 0. The molecule has 0 aliphatic rings. The minimum absolute atomic E-state index is 0.424. The topological polar surface area (TPSA) is 64.0 Å². The van der Waals surface area contributed by atoms with Crippen LogP contribution in [0.3, 0.4) is 0 Å². The van der Waals surface area contributed by atoms with E-state index in [1.807, 2.05) is 42.6 Å². The number of rotatable bonds is 2. The molecule has 0 aliphatic heterocycles. The summed E-state index contributed by atoms with van der Waals surface area (Å²) in [5.41, 5.74) is 2.26.